The van der Waals surface area contributed by atoms with Gasteiger partial charge in [0.25, 0.3) is 0 Å². The second-order valence-corrected chi connectivity index (χ2v) is 5.06. The zero-order chi connectivity index (χ0) is 15.2. The molecule has 0 heterocycles. The van der Waals surface area contributed by atoms with Crippen LogP contribution in [0.4, 0.5) is 8.78 Å². The number of halogens is 2. The molecule has 0 nitrogen and oxygen atoms in total. The third-order valence-electron chi connectivity index (χ3n) is 3.64. The fraction of sp³-hybridized carbons (Fsp3) is 0.263. The lowest BCUT2D eigenvalue weighted by atomic mass is 9.99. The van der Waals surface area contributed by atoms with Gasteiger partial charge < -0.3 is 0 Å². The zero-order valence-electron chi connectivity index (χ0n) is 12.5. The summed E-state index contributed by atoms with van der Waals surface area (Å²) < 4.78 is 28.0. The Hall–Kier alpha value is -1.96. The molecule has 0 aromatic heterocycles. The third kappa shape index (κ3) is 3.57. The number of aryl methyl sites for hydroxylation is 2. The van der Waals surface area contributed by atoms with E-state index in [1.54, 1.807) is 12.1 Å². The van der Waals surface area contributed by atoms with Gasteiger partial charge in [0.15, 0.2) is 11.6 Å². The summed E-state index contributed by atoms with van der Waals surface area (Å²) in [6.07, 6.45) is 6.58. The van der Waals surface area contributed by atoms with Crippen LogP contribution in [0.15, 0.2) is 48.6 Å². The van der Waals surface area contributed by atoms with Crippen LogP contribution in [0, 0.1) is 11.6 Å². The van der Waals surface area contributed by atoms with Crippen LogP contribution in [0.3, 0.4) is 0 Å². The predicted molar refractivity (Wildman–Crippen MR) is 84.3 cm³/mol. The van der Waals surface area contributed by atoms with Crippen molar-refractivity contribution in [1.82, 2.24) is 0 Å². The maximum absolute atomic E-state index is 14.1. The second-order valence-electron chi connectivity index (χ2n) is 5.06. The average molecular weight is 286 g/mol. The minimum atomic E-state index is -0.754. The monoisotopic (exact) mass is 286 g/mol. The van der Waals surface area contributed by atoms with Crippen molar-refractivity contribution in [2.24, 2.45) is 0 Å². The third-order valence-corrected chi connectivity index (χ3v) is 3.64. The van der Waals surface area contributed by atoms with Gasteiger partial charge in [-0.25, -0.2) is 8.78 Å². The molecule has 0 saturated heterocycles. The molecule has 0 fully saturated rings. The van der Waals surface area contributed by atoms with Crippen molar-refractivity contribution >= 4 is 0 Å². The summed E-state index contributed by atoms with van der Waals surface area (Å²) in [4.78, 5) is 0. The molecular weight excluding hydrogens is 266 g/mol. The van der Waals surface area contributed by atoms with Crippen molar-refractivity contribution in [3.8, 4) is 11.1 Å². The molecule has 2 aromatic rings. The lowest BCUT2D eigenvalue weighted by molar-refractivity contribution is 0.502. The lowest BCUT2D eigenvalue weighted by Gasteiger charge is -2.08. The topological polar surface area (TPSA) is 0 Å². The van der Waals surface area contributed by atoms with E-state index in [1.165, 1.54) is 5.56 Å². The van der Waals surface area contributed by atoms with Gasteiger partial charge in [0, 0.05) is 5.56 Å². The molecular formula is C19H20F2. The summed E-state index contributed by atoms with van der Waals surface area (Å²) in [7, 11) is 0. The first-order valence-electron chi connectivity index (χ1n) is 7.34. The largest absolute Gasteiger partial charge is 0.203 e. The quantitative estimate of drug-likeness (QED) is 0.618. The van der Waals surface area contributed by atoms with Crippen molar-refractivity contribution in [1.29, 1.82) is 0 Å². The van der Waals surface area contributed by atoms with E-state index in [0.717, 1.165) is 12.8 Å². The highest BCUT2D eigenvalue weighted by Crippen LogP contribution is 2.27. The Bertz CT molecular complexity index is 625. The van der Waals surface area contributed by atoms with Gasteiger partial charge in [0.1, 0.15) is 0 Å². The molecule has 0 N–H and O–H groups in total. The Morgan fingerprint density at radius 1 is 0.952 bits per heavy atom. The van der Waals surface area contributed by atoms with Gasteiger partial charge in [-0.1, -0.05) is 55.5 Å². The van der Waals surface area contributed by atoms with Crippen LogP contribution < -0.4 is 0 Å². The summed E-state index contributed by atoms with van der Waals surface area (Å²) in [5, 5.41) is 0. The Labute approximate surface area is 125 Å². The van der Waals surface area contributed by atoms with Crippen LogP contribution in [-0.2, 0) is 12.8 Å². The maximum Gasteiger partial charge on any atom is 0.166 e. The zero-order valence-corrected chi connectivity index (χ0v) is 12.5. The standard InChI is InChI=1S/C19H20F2/c1-3-5-6-7-14-8-10-16(11-9-14)17-13-12-15(4-2)18(20)19(17)21/h3,5,8-13H,4,6-7H2,1-2H3/b5-3+. The normalized spacial score (nSPS) is 11.2. The van der Waals surface area contributed by atoms with Gasteiger partial charge in [-0.2, -0.15) is 0 Å². The molecule has 0 aliphatic carbocycles. The van der Waals surface area contributed by atoms with Crippen LogP contribution in [0.5, 0.6) is 0 Å². The smallest absolute Gasteiger partial charge is 0.166 e. The molecule has 0 atom stereocenters. The van der Waals surface area contributed by atoms with E-state index in [2.05, 4.69) is 6.08 Å². The van der Waals surface area contributed by atoms with Crippen LogP contribution in [-0.4, -0.2) is 0 Å². The fourth-order valence-corrected chi connectivity index (χ4v) is 2.35. The first kappa shape index (κ1) is 15.4. The first-order chi connectivity index (χ1) is 10.2. The summed E-state index contributed by atoms with van der Waals surface area (Å²) in [6.45, 7) is 3.82. The number of benzene rings is 2. The summed E-state index contributed by atoms with van der Waals surface area (Å²) in [5.41, 5.74) is 2.65. The molecule has 0 saturated carbocycles. The van der Waals surface area contributed by atoms with Crippen molar-refractivity contribution in [3.63, 3.8) is 0 Å². The molecule has 2 aromatic carbocycles. The van der Waals surface area contributed by atoms with Crippen molar-refractivity contribution in [3.05, 3.63) is 71.3 Å². The highest BCUT2D eigenvalue weighted by Gasteiger charge is 2.13. The van der Waals surface area contributed by atoms with Gasteiger partial charge in [0.2, 0.25) is 0 Å². The molecule has 110 valence electrons. The van der Waals surface area contributed by atoms with E-state index < -0.39 is 11.6 Å². The van der Waals surface area contributed by atoms with Gasteiger partial charge in [-0.15, -0.1) is 0 Å². The van der Waals surface area contributed by atoms with Crippen LogP contribution >= 0.6 is 0 Å². The molecule has 0 unspecified atom stereocenters. The summed E-state index contributed by atoms with van der Waals surface area (Å²) >= 11 is 0. The highest BCUT2D eigenvalue weighted by atomic mass is 19.2. The number of rotatable bonds is 5. The van der Waals surface area contributed by atoms with E-state index in [-0.39, 0.29) is 0 Å². The summed E-state index contributed by atoms with van der Waals surface area (Å²) in [6, 6.07) is 11.0. The fourth-order valence-electron chi connectivity index (χ4n) is 2.35. The molecule has 2 heteroatoms. The van der Waals surface area contributed by atoms with Crippen LogP contribution in [0.1, 0.15) is 31.4 Å². The van der Waals surface area contributed by atoms with Gasteiger partial charge in [-0.3, -0.25) is 0 Å². The van der Waals surface area contributed by atoms with Crippen LogP contribution in [0.25, 0.3) is 11.1 Å². The molecule has 0 aliphatic rings. The summed E-state index contributed by atoms with van der Waals surface area (Å²) in [5.74, 6) is -1.48. The lowest BCUT2D eigenvalue weighted by Crippen LogP contribution is -1.96. The van der Waals surface area contributed by atoms with E-state index in [4.69, 9.17) is 0 Å². The predicted octanol–water partition coefficient (Wildman–Crippen LogP) is 5.70. The first-order valence-corrected chi connectivity index (χ1v) is 7.34. The van der Waals surface area contributed by atoms with E-state index >= 15 is 0 Å². The van der Waals surface area contributed by atoms with Crippen molar-refractivity contribution < 1.29 is 8.78 Å². The molecule has 0 amide bonds. The molecule has 0 spiro atoms. The number of hydrogen-bond donors (Lipinski definition) is 0. The van der Waals surface area contributed by atoms with Gasteiger partial charge in [-0.05, 0) is 42.9 Å². The van der Waals surface area contributed by atoms with Crippen LogP contribution in [0.2, 0.25) is 0 Å². The highest BCUT2D eigenvalue weighted by molar-refractivity contribution is 5.65. The van der Waals surface area contributed by atoms with E-state index in [1.807, 2.05) is 44.2 Å². The molecule has 0 radical (unpaired) electrons. The number of hydrogen-bond acceptors (Lipinski definition) is 0. The Morgan fingerprint density at radius 3 is 2.29 bits per heavy atom. The molecule has 0 aliphatic heterocycles. The molecule has 2 rings (SSSR count). The Morgan fingerprint density at radius 2 is 1.67 bits per heavy atom. The Kier molecular flexibility index (Phi) is 5.26. The number of allylic oxidation sites excluding steroid dienone is 2. The molecule has 0 bridgehead atoms. The van der Waals surface area contributed by atoms with Crippen molar-refractivity contribution in [2.45, 2.75) is 33.1 Å². The minimum absolute atomic E-state index is 0.324. The Balaban J connectivity index is 2.25. The average Bonchev–Trinajstić information content (AvgIpc) is 2.51. The minimum Gasteiger partial charge on any atom is -0.203 e. The molecule has 21 heavy (non-hydrogen) atoms. The van der Waals surface area contributed by atoms with E-state index in [0.29, 0.717) is 23.1 Å². The maximum atomic E-state index is 14.1. The second kappa shape index (κ2) is 7.16. The SMILES string of the molecule is C/C=C/CCc1ccc(-c2ccc(CC)c(F)c2F)cc1. The van der Waals surface area contributed by atoms with Gasteiger partial charge in [0.05, 0.1) is 0 Å². The van der Waals surface area contributed by atoms with E-state index in [9.17, 15) is 8.78 Å². The van der Waals surface area contributed by atoms with Gasteiger partial charge >= 0.3 is 0 Å². The van der Waals surface area contributed by atoms with Crippen molar-refractivity contribution in [2.75, 3.05) is 0 Å².